The van der Waals surface area contributed by atoms with Crippen LogP contribution >= 0.6 is 0 Å². The van der Waals surface area contributed by atoms with Crippen LogP contribution < -0.4 is 10.1 Å². The molecule has 0 spiro atoms. The summed E-state index contributed by atoms with van der Waals surface area (Å²) in [6.45, 7) is 7.70. The van der Waals surface area contributed by atoms with Crippen LogP contribution in [0.2, 0.25) is 0 Å². The molecule has 4 rings (SSSR count). The van der Waals surface area contributed by atoms with Gasteiger partial charge in [-0.05, 0) is 43.9 Å². The zero-order valence-electron chi connectivity index (χ0n) is 16.9. The third-order valence-corrected chi connectivity index (χ3v) is 5.66. The molecule has 0 radical (unpaired) electrons. The molecule has 0 amide bonds. The van der Waals surface area contributed by atoms with Crippen LogP contribution in [-0.4, -0.2) is 54.8 Å². The van der Waals surface area contributed by atoms with E-state index in [9.17, 15) is 0 Å². The highest BCUT2D eigenvalue weighted by Gasteiger charge is 2.24. The van der Waals surface area contributed by atoms with Crippen LogP contribution in [0.5, 0.6) is 5.75 Å². The molecule has 1 unspecified atom stereocenters. The molecule has 2 aromatic rings. The molecule has 1 atom stereocenters. The van der Waals surface area contributed by atoms with Crippen molar-refractivity contribution in [3.05, 3.63) is 46.9 Å². The highest BCUT2D eigenvalue weighted by Crippen LogP contribution is 2.31. The first kappa shape index (κ1) is 19.2. The van der Waals surface area contributed by atoms with Crippen molar-refractivity contribution in [2.75, 3.05) is 45.2 Å². The number of nitrogens with one attached hydrogen (secondary N) is 1. The highest BCUT2D eigenvalue weighted by molar-refractivity contribution is 5.52. The van der Waals surface area contributed by atoms with Crippen LogP contribution in [0.1, 0.15) is 35.5 Å². The Labute approximate surface area is 167 Å². The van der Waals surface area contributed by atoms with Gasteiger partial charge in [0.15, 0.2) is 0 Å². The molecule has 0 bridgehead atoms. The van der Waals surface area contributed by atoms with E-state index < -0.39 is 0 Å². The summed E-state index contributed by atoms with van der Waals surface area (Å²) in [5, 5.41) is 3.64. The number of aryl methyl sites for hydroxylation is 1. The van der Waals surface area contributed by atoms with Gasteiger partial charge in [-0.3, -0.25) is 0 Å². The summed E-state index contributed by atoms with van der Waals surface area (Å²) in [5.74, 6) is 3.37. The SMILES string of the molecule is COCCCN1CCC(CNc2nc(C)nc3c2Cc2ccccc2OC3)C1. The molecule has 3 heterocycles. The van der Waals surface area contributed by atoms with Gasteiger partial charge in [-0.2, -0.15) is 0 Å². The molecule has 2 aliphatic rings. The number of aromatic nitrogens is 2. The fourth-order valence-corrected chi connectivity index (χ4v) is 4.19. The Kier molecular flexibility index (Phi) is 6.07. The molecular weight excluding hydrogens is 352 g/mol. The smallest absolute Gasteiger partial charge is 0.133 e. The minimum absolute atomic E-state index is 0.501. The number of para-hydroxylation sites is 1. The summed E-state index contributed by atoms with van der Waals surface area (Å²) in [6, 6.07) is 8.24. The Morgan fingerprint density at radius 2 is 2.18 bits per heavy atom. The zero-order chi connectivity index (χ0) is 19.3. The van der Waals surface area contributed by atoms with Crippen LogP contribution in [0.25, 0.3) is 0 Å². The minimum Gasteiger partial charge on any atom is -0.487 e. The number of fused-ring (bicyclic) bond motifs is 2. The summed E-state index contributed by atoms with van der Waals surface area (Å²) in [7, 11) is 1.77. The quantitative estimate of drug-likeness (QED) is 0.743. The van der Waals surface area contributed by atoms with Crippen molar-refractivity contribution in [1.82, 2.24) is 14.9 Å². The van der Waals surface area contributed by atoms with Gasteiger partial charge in [-0.15, -0.1) is 0 Å². The van der Waals surface area contributed by atoms with Crippen molar-refractivity contribution in [3.8, 4) is 5.75 Å². The van der Waals surface area contributed by atoms with Crippen molar-refractivity contribution in [2.45, 2.75) is 32.8 Å². The van der Waals surface area contributed by atoms with Crippen LogP contribution in [0, 0.1) is 12.8 Å². The van der Waals surface area contributed by atoms with Crippen molar-refractivity contribution >= 4 is 5.82 Å². The van der Waals surface area contributed by atoms with Gasteiger partial charge in [-0.1, -0.05) is 18.2 Å². The van der Waals surface area contributed by atoms with Crippen molar-refractivity contribution in [3.63, 3.8) is 0 Å². The Morgan fingerprint density at radius 3 is 3.07 bits per heavy atom. The van der Waals surface area contributed by atoms with Gasteiger partial charge in [0.1, 0.15) is 24.0 Å². The summed E-state index contributed by atoms with van der Waals surface area (Å²) in [5.41, 5.74) is 3.37. The lowest BCUT2D eigenvalue weighted by Crippen LogP contribution is -2.25. The largest absolute Gasteiger partial charge is 0.487 e. The van der Waals surface area contributed by atoms with E-state index in [0.717, 1.165) is 62.2 Å². The molecule has 6 nitrogen and oxygen atoms in total. The first-order valence-corrected chi connectivity index (χ1v) is 10.2. The molecule has 28 heavy (non-hydrogen) atoms. The third-order valence-electron chi connectivity index (χ3n) is 5.66. The summed E-state index contributed by atoms with van der Waals surface area (Å²) < 4.78 is 11.2. The molecule has 1 saturated heterocycles. The monoisotopic (exact) mass is 382 g/mol. The van der Waals surface area contributed by atoms with Gasteiger partial charge in [0, 0.05) is 45.3 Å². The minimum atomic E-state index is 0.501. The molecule has 1 aromatic heterocycles. The number of hydrogen-bond acceptors (Lipinski definition) is 6. The normalized spacial score (nSPS) is 18.9. The van der Waals surface area contributed by atoms with Gasteiger partial charge in [0.05, 0.1) is 5.69 Å². The average molecular weight is 383 g/mol. The summed E-state index contributed by atoms with van der Waals surface area (Å²) >= 11 is 0. The molecule has 150 valence electrons. The molecule has 0 saturated carbocycles. The van der Waals surface area contributed by atoms with Gasteiger partial charge < -0.3 is 19.7 Å². The second-order valence-electron chi connectivity index (χ2n) is 7.80. The highest BCUT2D eigenvalue weighted by atomic mass is 16.5. The number of benzene rings is 1. The predicted octanol–water partition coefficient (Wildman–Crippen LogP) is 3.04. The standard InChI is InChI=1S/C22H30N4O2/c1-16-24-20-15-28-21-7-4-3-6-18(21)12-19(20)22(25-16)23-13-17-8-10-26(14-17)9-5-11-27-2/h3-4,6-7,17H,5,8-15H2,1-2H3,(H,23,24,25). The van der Waals surface area contributed by atoms with Crippen LogP contribution in [-0.2, 0) is 17.8 Å². The Bertz CT molecular complexity index is 811. The van der Waals surface area contributed by atoms with E-state index in [1.807, 2.05) is 19.1 Å². The van der Waals surface area contributed by atoms with E-state index in [-0.39, 0.29) is 0 Å². The van der Waals surface area contributed by atoms with E-state index in [4.69, 9.17) is 14.5 Å². The predicted molar refractivity (Wildman–Crippen MR) is 110 cm³/mol. The number of methoxy groups -OCH3 is 1. The molecule has 2 aliphatic heterocycles. The zero-order valence-corrected chi connectivity index (χ0v) is 16.9. The molecule has 1 aromatic carbocycles. The van der Waals surface area contributed by atoms with Gasteiger partial charge >= 0.3 is 0 Å². The maximum atomic E-state index is 5.99. The molecule has 6 heteroatoms. The lowest BCUT2D eigenvalue weighted by atomic mass is 10.0. The van der Waals surface area contributed by atoms with E-state index >= 15 is 0 Å². The topological polar surface area (TPSA) is 59.5 Å². The van der Waals surface area contributed by atoms with E-state index in [0.29, 0.717) is 12.5 Å². The van der Waals surface area contributed by atoms with Crippen LogP contribution in [0.3, 0.4) is 0 Å². The molecule has 1 fully saturated rings. The second kappa shape index (κ2) is 8.88. The Balaban J connectivity index is 1.43. The summed E-state index contributed by atoms with van der Waals surface area (Å²) in [6.07, 6.45) is 3.15. The average Bonchev–Trinajstić information content (AvgIpc) is 3.06. The van der Waals surface area contributed by atoms with Crippen LogP contribution in [0.15, 0.2) is 24.3 Å². The number of rotatable bonds is 7. The Morgan fingerprint density at radius 1 is 1.29 bits per heavy atom. The van der Waals surface area contributed by atoms with Crippen molar-refractivity contribution in [2.24, 2.45) is 5.92 Å². The first-order valence-electron chi connectivity index (χ1n) is 10.2. The van der Waals surface area contributed by atoms with Crippen LogP contribution in [0.4, 0.5) is 5.82 Å². The number of anilines is 1. The van der Waals surface area contributed by atoms with Crippen molar-refractivity contribution in [1.29, 1.82) is 0 Å². The van der Waals surface area contributed by atoms with Crippen molar-refractivity contribution < 1.29 is 9.47 Å². The Hall–Kier alpha value is -2.18. The number of ether oxygens (including phenoxy) is 2. The third kappa shape index (κ3) is 4.45. The van der Waals surface area contributed by atoms with Gasteiger partial charge in [0.25, 0.3) is 0 Å². The first-order chi connectivity index (χ1) is 13.7. The summed E-state index contributed by atoms with van der Waals surface area (Å²) in [4.78, 5) is 11.9. The number of likely N-dealkylation sites (tertiary alicyclic amines) is 1. The molecule has 1 N–H and O–H groups in total. The maximum absolute atomic E-state index is 5.99. The van der Waals surface area contributed by atoms with E-state index in [1.165, 1.54) is 24.1 Å². The number of nitrogens with zero attached hydrogens (tertiary/aromatic N) is 3. The van der Waals surface area contributed by atoms with Gasteiger partial charge in [0.2, 0.25) is 0 Å². The van der Waals surface area contributed by atoms with Gasteiger partial charge in [-0.25, -0.2) is 9.97 Å². The molecule has 0 aliphatic carbocycles. The lowest BCUT2D eigenvalue weighted by Gasteiger charge is -2.18. The number of hydrogen-bond donors (Lipinski definition) is 1. The van der Waals surface area contributed by atoms with E-state index in [1.54, 1.807) is 7.11 Å². The maximum Gasteiger partial charge on any atom is 0.133 e. The second-order valence-corrected chi connectivity index (χ2v) is 7.80. The fraction of sp³-hybridized carbons (Fsp3) is 0.545. The van der Waals surface area contributed by atoms with E-state index in [2.05, 4.69) is 27.3 Å². The fourth-order valence-electron chi connectivity index (χ4n) is 4.19. The lowest BCUT2D eigenvalue weighted by molar-refractivity contribution is 0.178. The molecular formula is C22H30N4O2.